The Bertz CT molecular complexity index is 589. The summed E-state index contributed by atoms with van der Waals surface area (Å²) in [5, 5.41) is 4.31. The van der Waals surface area contributed by atoms with Gasteiger partial charge >= 0.3 is 6.09 Å². The highest BCUT2D eigenvalue weighted by Crippen LogP contribution is 2.27. The van der Waals surface area contributed by atoms with Crippen molar-refractivity contribution in [3.63, 3.8) is 0 Å². The summed E-state index contributed by atoms with van der Waals surface area (Å²) >= 11 is 8.31. The molecule has 4 nitrogen and oxygen atoms in total. The molecule has 1 aromatic rings. The van der Waals surface area contributed by atoms with Crippen LogP contribution in [0.5, 0.6) is 0 Å². The summed E-state index contributed by atoms with van der Waals surface area (Å²) in [6, 6.07) is 6.12. The SMILES string of the molecule is CC(Nc1ccc(Cl)cc1I)C1CCCN(C(=O)OC(C)(C)C)C1. The summed E-state index contributed by atoms with van der Waals surface area (Å²) in [5.41, 5.74) is 0.634. The van der Waals surface area contributed by atoms with Crippen molar-refractivity contribution in [1.82, 2.24) is 4.90 Å². The van der Waals surface area contributed by atoms with Gasteiger partial charge in [0.2, 0.25) is 0 Å². The van der Waals surface area contributed by atoms with E-state index in [4.69, 9.17) is 16.3 Å². The van der Waals surface area contributed by atoms with Gasteiger partial charge in [-0.3, -0.25) is 0 Å². The molecule has 1 aliphatic rings. The van der Waals surface area contributed by atoms with Crippen molar-refractivity contribution in [3.05, 3.63) is 26.8 Å². The lowest BCUT2D eigenvalue weighted by Gasteiger charge is -2.37. The standard InChI is InChI=1S/C18H26ClIN2O2/c1-12(21-16-8-7-14(19)10-15(16)20)13-6-5-9-22(11-13)17(23)24-18(2,3)4/h7-8,10,12-13,21H,5-6,9,11H2,1-4H3. The summed E-state index contributed by atoms with van der Waals surface area (Å²) in [4.78, 5) is 14.1. The molecule has 134 valence electrons. The first-order chi connectivity index (χ1) is 11.2. The third-order valence-electron chi connectivity index (χ3n) is 4.13. The van der Waals surface area contributed by atoms with Gasteiger partial charge < -0.3 is 15.0 Å². The Morgan fingerprint density at radius 1 is 1.46 bits per heavy atom. The van der Waals surface area contributed by atoms with Crippen molar-refractivity contribution in [2.75, 3.05) is 18.4 Å². The van der Waals surface area contributed by atoms with Crippen LogP contribution in [0.4, 0.5) is 10.5 Å². The lowest BCUT2D eigenvalue weighted by Crippen LogP contribution is -2.46. The van der Waals surface area contributed by atoms with E-state index in [1.54, 1.807) is 0 Å². The van der Waals surface area contributed by atoms with Crippen LogP contribution in [0, 0.1) is 9.49 Å². The van der Waals surface area contributed by atoms with Crippen LogP contribution in [-0.2, 0) is 4.74 Å². The summed E-state index contributed by atoms with van der Waals surface area (Å²) in [6.07, 6.45) is 1.91. The molecule has 0 radical (unpaired) electrons. The topological polar surface area (TPSA) is 41.6 Å². The van der Waals surface area contributed by atoms with Crippen LogP contribution in [-0.4, -0.2) is 35.7 Å². The number of rotatable bonds is 3. The zero-order chi connectivity index (χ0) is 17.9. The molecular weight excluding hydrogens is 439 g/mol. The van der Waals surface area contributed by atoms with Crippen LogP contribution in [0.15, 0.2) is 18.2 Å². The first kappa shape index (κ1) is 19.6. The Labute approximate surface area is 163 Å². The van der Waals surface area contributed by atoms with Crippen molar-refractivity contribution in [2.24, 2.45) is 5.92 Å². The number of anilines is 1. The maximum atomic E-state index is 12.3. The van der Waals surface area contributed by atoms with E-state index >= 15 is 0 Å². The number of ether oxygens (including phenoxy) is 1. The molecule has 0 spiro atoms. The minimum Gasteiger partial charge on any atom is -0.444 e. The van der Waals surface area contributed by atoms with Crippen LogP contribution in [0.3, 0.4) is 0 Å². The van der Waals surface area contributed by atoms with E-state index in [1.165, 1.54) is 0 Å². The molecule has 2 unspecified atom stereocenters. The molecule has 1 N–H and O–H groups in total. The maximum absolute atomic E-state index is 12.3. The van der Waals surface area contributed by atoms with Crippen LogP contribution >= 0.6 is 34.2 Å². The second kappa shape index (κ2) is 8.13. The molecule has 2 rings (SSSR count). The van der Waals surface area contributed by atoms with E-state index in [0.29, 0.717) is 5.92 Å². The zero-order valence-corrected chi connectivity index (χ0v) is 17.6. The largest absolute Gasteiger partial charge is 0.444 e. The van der Waals surface area contributed by atoms with Gasteiger partial charge in [0, 0.05) is 33.4 Å². The Kier molecular flexibility index (Phi) is 6.65. The number of halogens is 2. The van der Waals surface area contributed by atoms with E-state index in [-0.39, 0.29) is 12.1 Å². The van der Waals surface area contributed by atoms with E-state index in [0.717, 1.165) is 40.2 Å². The number of piperidine rings is 1. The molecule has 1 amide bonds. The molecule has 1 heterocycles. The molecule has 1 saturated heterocycles. The fraction of sp³-hybridized carbons (Fsp3) is 0.611. The van der Waals surface area contributed by atoms with Crippen molar-refractivity contribution in [3.8, 4) is 0 Å². The van der Waals surface area contributed by atoms with E-state index in [9.17, 15) is 4.79 Å². The molecule has 0 aliphatic carbocycles. The van der Waals surface area contributed by atoms with Crippen LogP contribution < -0.4 is 5.32 Å². The van der Waals surface area contributed by atoms with Gasteiger partial charge in [-0.1, -0.05) is 11.6 Å². The minimum atomic E-state index is -0.451. The lowest BCUT2D eigenvalue weighted by molar-refractivity contribution is 0.0159. The molecule has 0 saturated carbocycles. The van der Waals surface area contributed by atoms with Crippen molar-refractivity contribution in [2.45, 2.75) is 52.2 Å². The summed E-state index contributed by atoms with van der Waals surface area (Å²) in [5.74, 6) is 0.401. The number of carbonyl (C=O) groups is 1. The summed E-state index contributed by atoms with van der Waals surface area (Å²) < 4.78 is 6.61. The van der Waals surface area contributed by atoms with Gasteiger partial charge in [0.25, 0.3) is 0 Å². The molecule has 0 bridgehead atoms. The van der Waals surface area contributed by atoms with Gasteiger partial charge in [-0.2, -0.15) is 0 Å². The van der Waals surface area contributed by atoms with Gasteiger partial charge in [-0.15, -0.1) is 0 Å². The van der Waals surface area contributed by atoms with E-state index < -0.39 is 5.60 Å². The Hall–Kier alpha value is -0.690. The molecular formula is C18H26ClIN2O2. The van der Waals surface area contributed by atoms with Gasteiger partial charge in [-0.25, -0.2) is 4.79 Å². The number of likely N-dealkylation sites (tertiary alicyclic amines) is 1. The number of amides is 1. The van der Waals surface area contributed by atoms with Crippen LogP contribution in [0.1, 0.15) is 40.5 Å². The fourth-order valence-electron chi connectivity index (χ4n) is 2.88. The second-order valence-corrected chi connectivity index (χ2v) is 8.98. The molecule has 1 aromatic carbocycles. The van der Waals surface area contributed by atoms with Crippen molar-refractivity contribution < 1.29 is 9.53 Å². The summed E-state index contributed by atoms with van der Waals surface area (Å²) in [7, 11) is 0. The highest BCUT2D eigenvalue weighted by atomic mass is 127. The van der Waals surface area contributed by atoms with E-state index in [2.05, 4.69) is 34.8 Å². The van der Waals surface area contributed by atoms with Crippen molar-refractivity contribution >= 4 is 46.0 Å². The predicted molar refractivity (Wildman–Crippen MR) is 108 cm³/mol. The Morgan fingerprint density at radius 3 is 2.79 bits per heavy atom. The van der Waals surface area contributed by atoms with Crippen LogP contribution in [0.2, 0.25) is 5.02 Å². The fourth-order valence-corrected chi connectivity index (χ4v) is 3.91. The normalized spacial score (nSPS) is 19.8. The number of carbonyl (C=O) groups excluding carboxylic acids is 1. The maximum Gasteiger partial charge on any atom is 0.410 e. The average Bonchev–Trinajstić information content (AvgIpc) is 2.48. The predicted octanol–water partition coefficient (Wildman–Crippen LogP) is 5.39. The first-order valence-corrected chi connectivity index (χ1v) is 9.81. The minimum absolute atomic E-state index is 0.208. The van der Waals surface area contributed by atoms with Crippen molar-refractivity contribution in [1.29, 1.82) is 0 Å². The zero-order valence-electron chi connectivity index (χ0n) is 14.7. The average molecular weight is 465 g/mol. The van der Waals surface area contributed by atoms with E-state index in [1.807, 2.05) is 43.9 Å². The molecule has 2 atom stereocenters. The lowest BCUT2D eigenvalue weighted by atomic mass is 9.91. The monoisotopic (exact) mass is 464 g/mol. The van der Waals surface area contributed by atoms with Gasteiger partial charge in [0.05, 0.1) is 0 Å². The quantitative estimate of drug-likeness (QED) is 0.610. The first-order valence-electron chi connectivity index (χ1n) is 8.35. The summed E-state index contributed by atoms with van der Waals surface area (Å²) in [6.45, 7) is 9.38. The molecule has 24 heavy (non-hydrogen) atoms. The Balaban J connectivity index is 1.97. The van der Waals surface area contributed by atoms with Gasteiger partial charge in [-0.05, 0) is 87.2 Å². The highest BCUT2D eigenvalue weighted by Gasteiger charge is 2.30. The molecule has 1 aliphatic heterocycles. The highest BCUT2D eigenvalue weighted by molar-refractivity contribution is 14.1. The number of nitrogens with one attached hydrogen (secondary N) is 1. The number of nitrogens with zero attached hydrogens (tertiary/aromatic N) is 1. The van der Waals surface area contributed by atoms with Crippen LogP contribution in [0.25, 0.3) is 0 Å². The third kappa shape index (κ3) is 5.69. The van der Waals surface area contributed by atoms with Gasteiger partial charge in [0.15, 0.2) is 0 Å². The van der Waals surface area contributed by atoms with Gasteiger partial charge in [0.1, 0.15) is 5.60 Å². The molecule has 1 fully saturated rings. The third-order valence-corrected chi connectivity index (χ3v) is 5.26. The second-order valence-electron chi connectivity index (χ2n) is 7.39. The Morgan fingerprint density at radius 2 is 2.17 bits per heavy atom. The number of hydrogen-bond donors (Lipinski definition) is 1. The molecule has 6 heteroatoms. The number of benzene rings is 1. The molecule has 0 aromatic heterocycles. The smallest absolute Gasteiger partial charge is 0.410 e. The number of hydrogen-bond acceptors (Lipinski definition) is 3.